The van der Waals surface area contributed by atoms with E-state index in [0.29, 0.717) is 36.6 Å². The summed E-state index contributed by atoms with van der Waals surface area (Å²) >= 11 is 0. The molecule has 6 nitrogen and oxygen atoms in total. The fourth-order valence-electron chi connectivity index (χ4n) is 3.23. The van der Waals surface area contributed by atoms with Crippen LogP contribution in [0.1, 0.15) is 46.0 Å². The van der Waals surface area contributed by atoms with E-state index in [9.17, 15) is 14.4 Å². The zero-order valence-corrected chi connectivity index (χ0v) is 16.8. The van der Waals surface area contributed by atoms with Gasteiger partial charge >= 0.3 is 0 Å². The summed E-state index contributed by atoms with van der Waals surface area (Å²) in [5.74, 6) is -0.325. The van der Waals surface area contributed by atoms with Gasteiger partial charge in [0, 0.05) is 36.2 Å². The fourth-order valence-corrected chi connectivity index (χ4v) is 3.23. The lowest BCUT2D eigenvalue weighted by molar-refractivity contribution is -0.116. The first-order valence-corrected chi connectivity index (χ1v) is 9.82. The Morgan fingerprint density at radius 3 is 2.31 bits per heavy atom. The molecule has 0 aliphatic carbocycles. The number of morpholine rings is 1. The Hall–Kier alpha value is -2.99. The number of aryl methyl sites for hydroxylation is 1. The van der Waals surface area contributed by atoms with Gasteiger partial charge in [0.25, 0.3) is 5.91 Å². The second-order valence-electron chi connectivity index (χ2n) is 7.34. The van der Waals surface area contributed by atoms with Gasteiger partial charge in [0.2, 0.25) is 5.91 Å². The number of carbonyl (C=O) groups excluding carboxylic acids is 3. The molecule has 1 fully saturated rings. The zero-order valence-electron chi connectivity index (χ0n) is 16.8. The molecule has 1 heterocycles. The Morgan fingerprint density at radius 2 is 1.66 bits per heavy atom. The van der Waals surface area contributed by atoms with E-state index in [1.165, 1.54) is 0 Å². The van der Waals surface area contributed by atoms with Crippen LogP contribution in [0.25, 0.3) is 0 Å². The van der Waals surface area contributed by atoms with Gasteiger partial charge < -0.3 is 15.0 Å². The van der Waals surface area contributed by atoms with Gasteiger partial charge in [-0.1, -0.05) is 29.8 Å². The number of ether oxygens (including phenoxy) is 1. The summed E-state index contributed by atoms with van der Waals surface area (Å²) in [5.41, 5.74) is 2.88. The monoisotopic (exact) mass is 394 g/mol. The minimum Gasteiger partial charge on any atom is -0.377 e. The number of anilines is 1. The molecular weight excluding hydrogens is 368 g/mol. The summed E-state index contributed by atoms with van der Waals surface area (Å²) in [4.78, 5) is 38.8. The van der Waals surface area contributed by atoms with E-state index >= 15 is 0 Å². The normalized spacial score (nSPS) is 16.3. The first-order valence-electron chi connectivity index (χ1n) is 9.82. The van der Waals surface area contributed by atoms with Gasteiger partial charge in [-0.05, 0) is 38.1 Å². The van der Waals surface area contributed by atoms with Crippen LogP contribution in [0, 0.1) is 6.92 Å². The van der Waals surface area contributed by atoms with Gasteiger partial charge in [0.1, 0.15) is 0 Å². The summed E-state index contributed by atoms with van der Waals surface area (Å²) in [6.07, 6.45) is 0.263. The number of hydrogen-bond acceptors (Lipinski definition) is 4. The maximum atomic E-state index is 12.6. The maximum absolute atomic E-state index is 12.6. The van der Waals surface area contributed by atoms with Crippen molar-refractivity contribution in [1.82, 2.24) is 4.90 Å². The van der Waals surface area contributed by atoms with E-state index in [0.717, 1.165) is 5.56 Å². The van der Waals surface area contributed by atoms with Crippen molar-refractivity contribution in [2.75, 3.05) is 25.1 Å². The second-order valence-corrected chi connectivity index (χ2v) is 7.34. The van der Waals surface area contributed by atoms with E-state index < -0.39 is 0 Å². The second kappa shape index (κ2) is 9.47. The Balaban J connectivity index is 1.51. The number of benzene rings is 2. The van der Waals surface area contributed by atoms with E-state index in [2.05, 4.69) is 5.32 Å². The Kier molecular flexibility index (Phi) is 6.77. The molecule has 6 heteroatoms. The van der Waals surface area contributed by atoms with Crippen molar-refractivity contribution in [1.29, 1.82) is 0 Å². The summed E-state index contributed by atoms with van der Waals surface area (Å²) in [6.45, 7) is 5.59. The van der Waals surface area contributed by atoms with Gasteiger partial charge in [0.05, 0.1) is 19.3 Å². The summed E-state index contributed by atoms with van der Waals surface area (Å²) in [5, 5.41) is 2.78. The minimum atomic E-state index is -0.230. The van der Waals surface area contributed by atoms with Gasteiger partial charge in [-0.2, -0.15) is 0 Å². The van der Waals surface area contributed by atoms with Gasteiger partial charge in [0.15, 0.2) is 5.78 Å². The first-order chi connectivity index (χ1) is 13.9. The van der Waals surface area contributed by atoms with E-state index in [1.807, 2.05) is 26.0 Å². The summed E-state index contributed by atoms with van der Waals surface area (Å²) in [7, 11) is 0. The highest BCUT2D eigenvalue weighted by Crippen LogP contribution is 2.16. The van der Waals surface area contributed by atoms with Gasteiger partial charge in [-0.3, -0.25) is 14.4 Å². The van der Waals surface area contributed by atoms with Crippen molar-refractivity contribution < 1.29 is 19.1 Å². The van der Waals surface area contributed by atoms with E-state index in [1.54, 1.807) is 41.3 Å². The molecule has 0 bridgehead atoms. The van der Waals surface area contributed by atoms with Crippen molar-refractivity contribution >= 4 is 23.3 Å². The summed E-state index contributed by atoms with van der Waals surface area (Å²) in [6, 6.07) is 14.2. The highest BCUT2D eigenvalue weighted by Gasteiger charge is 2.24. The molecule has 152 valence electrons. The van der Waals surface area contributed by atoms with Crippen molar-refractivity contribution in [2.24, 2.45) is 0 Å². The van der Waals surface area contributed by atoms with Crippen LogP contribution >= 0.6 is 0 Å². The Morgan fingerprint density at radius 1 is 1.00 bits per heavy atom. The molecule has 3 rings (SSSR count). The molecule has 1 unspecified atom stereocenters. The molecule has 1 N–H and O–H groups in total. The number of nitrogens with zero attached hydrogens (tertiary/aromatic N) is 1. The van der Waals surface area contributed by atoms with Crippen molar-refractivity contribution in [3.8, 4) is 0 Å². The van der Waals surface area contributed by atoms with Gasteiger partial charge in [-0.15, -0.1) is 0 Å². The highest BCUT2D eigenvalue weighted by molar-refractivity contribution is 6.00. The molecular formula is C23H26N2O4. The predicted octanol–water partition coefficient (Wildman–Crippen LogP) is 3.46. The minimum absolute atomic E-state index is 0.0395. The average molecular weight is 394 g/mol. The van der Waals surface area contributed by atoms with Crippen molar-refractivity contribution in [2.45, 2.75) is 32.7 Å². The number of amides is 2. The van der Waals surface area contributed by atoms with Crippen LogP contribution in [0.2, 0.25) is 0 Å². The Bertz CT molecular complexity index is 875. The highest BCUT2D eigenvalue weighted by atomic mass is 16.5. The lowest BCUT2D eigenvalue weighted by Gasteiger charge is -2.33. The SMILES string of the molecule is Cc1ccc(C(=O)CCC(=O)Nc2ccc(C(=O)N3CCOCC3C)cc2)cc1. The lowest BCUT2D eigenvalue weighted by Crippen LogP contribution is -2.47. The standard InChI is InChI=1S/C23H26N2O4/c1-16-3-5-18(6-4-16)21(26)11-12-22(27)24-20-9-7-19(8-10-20)23(28)25-13-14-29-15-17(25)2/h3-10,17H,11-15H2,1-2H3,(H,24,27). The van der Waals surface area contributed by atoms with Crippen molar-refractivity contribution in [3.05, 3.63) is 65.2 Å². The quantitative estimate of drug-likeness (QED) is 0.762. The molecule has 0 spiro atoms. The molecule has 1 aliphatic heterocycles. The number of rotatable bonds is 6. The first kappa shape index (κ1) is 20.7. The van der Waals surface area contributed by atoms with Crippen LogP contribution in [0.5, 0.6) is 0 Å². The lowest BCUT2D eigenvalue weighted by atomic mass is 10.0. The largest absolute Gasteiger partial charge is 0.377 e. The van der Waals surface area contributed by atoms with Crippen LogP contribution in [0.4, 0.5) is 5.69 Å². The number of ketones is 1. The molecule has 0 radical (unpaired) electrons. The van der Waals surface area contributed by atoms with Crippen molar-refractivity contribution in [3.63, 3.8) is 0 Å². The zero-order chi connectivity index (χ0) is 20.8. The van der Waals surface area contributed by atoms with Crippen LogP contribution in [-0.4, -0.2) is 48.3 Å². The van der Waals surface area contributed by atoms with E-state index in [4.69, 9.17) is 4.74 Å². The molecule has 2 amide bonds. The van der Waals surface area contributed by atoms with Gasteiger partial charge in [-0.25, -0.2) is 0 Å². The molecule has 1 aliphatic rings. The molecule has 2 aromatic rings. The van der Waals surface area contributed by atoms with Crippen LogP contribution < -0.4 is 5.32 Å². The molecule has 29 heavy (non-hydrogen) atoms. The van der Waals surface area contributed by atoms with E-state index in [-0.39, 0.29) is 36.5 Å². The molecule has 1 atom stereocenters. The number of hydrogen-bond donors (Lipinski definition) is 1. The molecule has 2 aromatic carbocycles. The molecule has 0 saturated carbocycles. The third kappa shape index (κ3) is 5.51. The van der Waals surface area contributed by atoms with Crippen LogP contribution in [0.15, 0.2) is 48.5 Å². The fraction of sp³-hybridized carbons (Fsp3) is 0.348. The predicted molar refractivity (Wildman–Crippen MR) is 111 cm³/mol. The third-order valence-corrected chi connectivity index (χ3v) is 5.00. The topological polar surface area (TPSA) is 75.7 Å². The number of carbonyl (C=O) groups is 3. The molecule has 1 saturated heterocycles. The third-order valence-electron chi connectivity index (χ3n) is 5.00. The molecule has 0 aromatic heterocycles. The Labute approximate surface area is 170 Å². The van der Waals surface area contributed by atoms with Crippen LogP contribution in [-0.2, 0) is 9.53 Å². The number of Topliss-reactive ketones (excluding diaryl/α,β-unsaturated/α-hetero) is 1. The smallest absolute Gasteiger partial charge is 0.254 e. The summed E-state index contributed by atoms with van der Waals surface area (Å²) < 4.78 is 5.37. The van der Waals surface area contributed by atoms with Crippen LogP contribution in [0.3, 0.4) is 0 Å². The average Bonchev–Trinajstić information content (AvgIpc) is 2.73. The maximum Gasteiger partial charge on any atom is 0.254 e. The number of nitrogens with one attached hydrogen (secondary N) is 1.